The van der Waals surface area contributed by atoms with Gasteiger partial charge in [-0.25, -0.2) is 13.4 Å². The number of nitrogens with one attached hydrogen (secondary N) is 1. The lowest BCUT2D eigenvalue weighted by Gasteiger charge is -2.10. The Morgan fingerprint density at radius 1 is 1.12 bits per heavy atom. The number of rotatable bonds is 4. The fraction of sp³-hybridized carbons (Fsp3) is 0.176. The number of hydrogen-bond donors (Lipinski definition) is 1. The predicted molar refractivity (Wildman–Crippen MR) is 98.1 cm³/mol. The summed E-state index contributed by atoms with van der Waals surface area (Å²) in [5, 5.41) is 3.95. The summed E-state index contributed by atoms with van der Waals surface area (Å²) in [6, 6.07) is 10.00. The molecule has 134 valence electrons. The molecule has 7 nitrogen and oxygen atoms in total. The molecular weight excluding hydrogens is 378 g/mol. The molecule has 0 aliphatic carbocycles. The fourth-order valence-corrected chi connectivity index (χ4v) is 3.69. The second kappa shape index (κ2) is 6.30. The van der Waals surface area contributed by atoms with Gasteiger partial charge in [-0.1, -0.05) is 6.92 Å². The number of sulfone groups is 1. The number of ether oxygens (including phenoxy) is 2. The molecule has 3 aromatic rings. The van der Waals surface area contributed by atoms with Gasteiger partial charge in [-0.2, -0.15) is 4.98 Å². The predicted octanol–water partition coefficient (Wildman–Crippen LogP) is 3.55. The van der Waals surface area contributed by atoms with Crippen molar-refractivity contribution in [3.63, 3.8) is 0 Å². The van der Waals surface area contributed by atoms with E-state index < -0.39 is 9.84 Å². The highest BCUT2D eigenvalue weighted by atomic mass is 35.5. The lowest BCUT2D eigenvalue weighted by molar-refractivity contribution is 0.174. The minimum absolute atomic E-state index is 0.0547. The molecule has 1 aliphatic rings. The van der Waals surface area contributed by atoms with Crippen molar-refractivity contribution >= 4 is 43.8 Å². The molecule has 0 amide bonds. The van der Waals surface area contributed by atoms with E-state index in [2.05, 4.69) is 15.3 Å². The number of aromatic nitrogens is 2. The third kappa shape index (κ3) is 3.02. The molecule has 1 N–H and O–H groups in total. The van der Waals surface area contributed by atoms with Gasteiger partial charge in [-0.05, 0) is 41.9 Å². The summed E-state index contributed by atoms with van der Waals surface area (Å²) in [6.45, 7) is 1.77. The molecule has 0 atom stereocenters. The third-order valence-electron chi connectivity index (χ3n) is 4.02. The van der Waals surface area contributed by atoms with Crippen molar-refractivity contribution in [1.29, 1.82) is 0 Å². The molecule has 0 saturated carbocycles. The summed E-state index contributed by atoms with van der Waals surface area (Å²) in [7, 11) is -3.24. The number of benzene rings is 2. The van der Waals surface area contributed by atoms with Gasteiger partial charge in [0.25, 0.3) is 0 Å². The average molecular weight is 392 g/mol. The molecule has 0 saturated heterocycles. The van der Waals surface area contributed by atoms with Gasteiger partial charge in [0.1, 0.15) is 5.82 Å². The summed E-state index contributed by atoms with van der Waals surface area (Å²) in [5.41, 5.74) is 1.29. The highest BCUT2D eigenvalue weighted by Crippen LogP contribution is 2.38. The van der Waals surface area contributed by atoms with E-state index in [0.29, 0.717) is 33.9 Å². The van der Waals surface area contributed by atoms with Crippen LogP contribution in [0.3, 0.4) is 0 Å². The molecule has 0 unspecified atom stereocenters. The Labute approximate surface area is 154 Å². The van der Waals surface area contributed by atoms with Crippen molar-refractivity contribution in [3.05, 3.63) is 41.7 Å². The van der Waals surface area contributed by atoms with Gasteiger partial charge in [-0.15, -0.1) is 0 Å². The molecule has 0 fully saturated rings. The molecular formula is C17H14ClN3O4S. The van der Waals surface area contributed by atoms with Crippen molar-refractivity contribution in [2.24, 2.45) is 0 Å². The maximum atomic E-state index is 11.9. The summed E-state index contributed by atoms with van der Waals surface area (Å²) in [5.74, 6) is 1.76. The first kappa shape index (κ1) is 16.9. The van der Waals surface area contributed by atoms with Crippen molar-refractivity contribution in [3.8, 4) is 11.5 Å². The molecule has 4 rings (SSSR count). The third-order valence-corrected chi connectivity index (χ3v) is 5.94. The lowest BCUT2D eigenvalue weighted by atomic mass is 10.2. The Bertz CT molecular complexity index is 1100. The van der Waals surface area contributed by atoms with E-state index in [1.807, 2.05) is 0 Å². The average Bonchev–Trinajstić information content (AvgIpc) is 3.08. The van der Waals surface area contributed by atoms with E-state index in [-0.39, 0.29) is 22.7 Å². The second-order valence-corrected chi connectivity index (χ2v) is 8.23. The van der Waals surface area contributed by atoms with E-state index in [1.165, 1.54) is 0 Å². The first-order valence-corrected chi connectivity index (χ1v) is 9.86. The summed E-state index contributed by atoms with van der Waals surface area (Å²) >= 11 is 6.03. The first-order chi connectivity index (χ1) is 12.5. The molecule has 26 heavy (non-hydrogen) atoms. The first-order valence-electron chi connectivity index (χ1n) is 7.83. The zero-order valence-electron chi connectivity index (χ0n) is 13.7. The van der Waals surface area contributed by atoms with Crippen molar-refractivity contribution in [2.45, 2.75) is 11.8 Å². The zero-order chi connectivity index (χ0) is 18.3. The smallest absolute Gasteiger partial charge is 0.231 e. The zero-order valence-corrected chi connectivity index (χ0v) is 15.3. The summed E-state index contributed by atoms with van der Waals surface area (Å²) in [6.07, 6.45) is 0. The highest BCUT2D eigenvalue weighted by molar-refractivity contribution is 7.91. The molecule has 2 aromatic carbocycles. The molecule has 0 bridgehead atoms. The minimum Gasteiger partial charge on any atom is -0.454 e. The van der Waals surface area contributed by atoms with E-state index in [1.54, 1.807) is 43.3 Å². The van der Waals surface area contributed by atoms with Crippen molar-refractivity contribution in [2.75, 3.05) is 17.9 Å². The van der Waals surface area contributed by atoms with Gasteiger partial charge >= 0.3 is 0 Å². The Morgan fingerprint density at radius 3 is 2.50 bits per heavy atom. The maximum Gasteiger partial charge on any atom is 0.231 e. The van der Waals surface area contributed by atoms with Crippen LogP contribution in [-0.2, 0) is 9.84 Å². The van der Waals surface area contributed by atoms with Gasteiger partial charge < -0.3 is 14.8 Å². The van der Waals surface area contributed by atoms with E-state index in [9.17, 15) is 8.42 Å². The van der Waals surface area contributed by atoms with Crippen molar-refractivity contribution < 1.29 is 17.9 Å². The van der Waals surface area contributed by atoms with Crippen LogP contribution in [0.4, 0.5) is 11.5 Å². The molecule has 1 aliphatic heterocycles. The fourth-order valence-electron chi connectivity index (χ4n) is 2.63. The molecule has 9 heteroatoms. The van der Waals surface area contributed by atoms with Crippen LogP contribution in [0, 0.1) is 0 Å². The minimum atomic E-state index is -3.24. The van der Waals surface area contributed by atoms with Gasteiger partial charge in [0.05, 0.1) is 16.2 Å². The van der Waals surface area contributed by atoms with Crippen LogP contribution in [0.25, 0.3) is 10.9 Å². The van der Waals surface area contributed by atoms with E-state index in [4.69, 9.17) is 21.1 Å². The largest absolute Gasteiger partial charge is 0.454 e. The van der Waals surface area contributed by atoms with Crippen LogP contribution in [-0.4, -0.2) is 30.9 Å². The topological polar surface area (TPSA) is 90.4 Å². The van der Waals surface area contributed by atoms with Crippen LogP contribution in [0.15, 0.2) is 41.3 Å². The van der Waals surface area contributed by atoms with Gasteiger partial charge in [0.2, 0.25) is 12.1 Å². The normalized spacial score (nSPS) is 13.2. The number of anilines is 2. The Balaban J connectivity index is 1.73. The molecule has 1 aromatic heterocycles. The number of fused-ring (bicyclic) bond motifs is 2. The van der Waals surface area contributed by atoms with E-state index in [0.717, 1.165) is 0 Å². The van der Waals surface area contributed by atoms with Crippen LogP contribution in [0.5, 0.6) is 11.5 Å². The summed E-state index contributed by atoms with van der Waals surface area (Å²) < 4.78 is 34.6. The monoisotopic (exact) mass is 391 g/mol. The van der Waals surface area contributed by atoms with Crippen LogP contribution in [0.2, 0.25) is 5.28 Å². The van der Waals surface area contributed by atoms with E-state index >= 15 is 0 Å². The lowest BCUT2D eigenvalue weighted by Crippen LogP contribution is -2.03. The molecule has 2 heterocycles. The highest BCUT2D eigenvalue weighted by Gasteiger charge is 2.18. The second-order valence-electron chi connectivity index (χ2n) is 5.62. The van der Waals surface area contributed by atoms with Gasteiger partial charge in [0.15, 0.2) is 21.3 Å². The standard InChI is InChI=1S/C17H14ClN3O4S/c1-2-26(22,23)11-5-3-10(4-6-11)19-16-12-7-14-15(25-9-24-14)8-13(12)20-17(18)21-16/h3-8H,2,9H2,1H3,(H,19,20,21). The Kier molecular flexibility index (Phi) is 4.08. The van der Waals surface area contributed by atoms with Crippen molar-refractivity contribution in [1.82, 2.24) is 9.97 Å². The number of nitrogens with zero attached hydrogens (tertiary/aromatic N) is 2. The Morgan fingerprint density at radius 2 is 1.81 bits per heavy atom. The van der Waals surface area contributed by atoms with Gasteiger partial charge in [0, 0.05) is 17.1 Å². The van der Waals surface area contributed by atoms with Gasteiger partial charge in [-0.3, -0.25) is 0 Å². The Hall–Kier alpha value is -2.58. The number of hydrogen-bond acceptors (Lipinski definition) is 7. The quantitative estimate of drug-likeness (QED) is 0.680. The molecule has 0 spiro atoms. The van der Waals surface area contributed by atoms with Crippen LogP contribution >= 0.6 is 11.6 Å². The SMILES string of the molecule is CCS(=O)(=O)c1ccc(Nc2nc(Cl)nc3cc4c(cc23)OCO4)cc1. The maximum absolute atomic E-state index is 11.9. The number of halogens is 1. The summed E-state index contributed by atoms with van der Waals surface area (Å²) in [4.78, 5) is 8.73. The van der Waals surface area contributed by atoms with Crippen LogP contribution < -0.4 is 14.8 Å². The van der Waals surface area contributed by atoms with Crippen LogP contribution in [0.1, 0.15) is 6.92 Å². The molecule has 0 radical (unpaired) electrons.